The first kappa shape index (κ1) is 22.9. The van der Waals surface area contributed by atoms with E-state index in [4.69, 9.17) is 25.4 Å². The second-order valence-corrected chi connectivity index (χ2v) is 11.6. The number of furan rings is 1. The van der Waals surface area contributed by atoms with Gasteiger partial charge in [-0.25, -0.2) is 0 Å². The lowest BCUT2D eigenvalue weighted by molar-refractivity contribution is -0.350. The smallest absolute Gasteiger partial charge is 0.174 e. The molecule has 4 saturated carbocycles. The van der Waals surface area contributed by atoms with Gasteiger partial charge in [-0.2, -0.15) is 0 Å². The molecule has 0 aliphatic heterocycles. The van der Waals surface area contributed by atoms with E-state index in [1.54, 1.807) is 0 Å². The van der Waals surface area contributed by atoms with Crippen molar-refractivity contribution < 1.29 is 13.9 Å². The van der Waals surface area contributed by atoms with E-state index in [0.29, 0.717) is 49.5 Å². The molecule has 5 nitrogen and oxygen atoms in total. The molecular weight excluding hydrogens is 400 g/mol. The predicted molar refractivity (Wildman–Crippen MR) is 126 cm³/mol. The van der Waals surface area contributed by atoms with E-state index in [2.05, 4.69) is 19.9 Å². The first-order valence-electron chi connectivity index (χ1n) is 13.2. The van der Waals surface area contributed by atoms with E-state index in [9.17, 15) is 0 Å². The van der Waals surface area contributed by atoms with E-state index >= 15 is 0 Å². The highest BCUT2D eigenvalue weighted by Gasteiger charge is 2.67. The van der Waals surface area contributed by atoms with Gasteiger partial charge in [0.15, 0.2) is 5.79 Å². The highest BCUT2D eigenvalue weighted by Crippen LogP contribution is 2.71. The van der Waals surface area contributed by atoms with Gasteiger partial charge in [0.25, 0.3) is 0 Å². The van der Waals surface area contributed by atoms with Crippen molar-refractivity contribution in [1.29, 1.82) is 0 Å². The molecule has 0 unspecified atom stereocenters. The van der Waals surface area contributed by atoms with Crippen LogP contribution in [0.1, 0.15) is 83.1 Å². The van der Waals surface area contributed by atoms with Crippen molar-refractivity contribution in [3.8, 4) is 0 Å². The minimum Gasteiger partial charge on any atom is -0.472 e. The number of ether oxygens (including phenoxy) is 2. The van der Waals surface area contributed by atoms with Crippen molar-refractivity contribution >= 4 is 0 Å². The van der Waals surface area contributed by atoms with Crippen LogP contribution in [-0.2, 0) is 9.47 Å². The number of hydrogen-bond donors (Lipinski definition) is 2. The Labute approximate surface area is 194 Å². The van der Waals surface area contributed by atoms with Crippen molar-refractivity contribution in [2.24, 2.45) is 46.0 Å². The van der Waals surface area contributed by atoms with Crippen LogP contribution >= 0.6 is 0 Å². The number of rotatable bonds is 7. The first-order valence-corrected chi connectivity index (χ1v) is 13.2. The summed E-state index contributed by atoms with van der Waals surface area (Å²) in [7, 11) is 0. The Bertz CT molecular complexity index is 759. The topological polar surface area (TPSA) is 83.6 Å². The Balaban J connectivity index is 1.48. The van der Waals surface area contributed by atoms with Crippen LogP contribution in [0.4, 0.5) is 0 Å². The summed E-state index contributed by atoms with van der Waals surface area (Å²) in [6, 6.07) is 2.20. The maximum atomic E-state index is 6.64. The maximum Gasteiger partial charge on any atom is 0.174 e. The summed E-state index contributed by atoms with van der Waals surface area (Å²) in [5.41, 5.74) is 13.7. The Morgan fingerprint density at radius 2 is 1.72 bits per heavy atom. The van der Waals surface area contributed by atoms with Crippen molar-refractivity contribution in [1.82, 2.24) is 0 Å². The molecule has 0 bridgehead atoms. The second-order valence-electron chi connectivity index (χ2n) is 11.6. The quantitative estimate of drug-likeness (QED) is 0.575. The molecule has 0 amide bonds. The Morgan fingerprint density at radius 3 is 2.41 bits per heavy atom. The molecule has 4 aliphatic rings. The number of fused-ring (bicyclic) bond motifs is 5. The van der Waals surface area contributed by atoms with Crippen LogP contribution in [0.25, 0.3) is 0 Å². The fraction of sp³-hybridized carbons (Fsp3) is 0.852. The van der Waals surface area contributed by atoms with Crippen LogP contribution in [0.15, 0.2) is 23.0 Å². The lowest BCUT2D eigenvalue weighted by atomic mass is 9.43. The van der Waals surface area contributed by atoms with Crippen LogP contribution in [0.2, 0.25) is 0 Å². The van der Waals surface area contributed by atoms with Gasteiger partial charge in [0.1, 0.15) is 0 Å². The van der Waals surface area contributed by atoms with Crippen LogP contribution in [0.5, 0.6) is 0 Å². The molecule has 180 valence electrons. The van der Waals surface area contributed by atoms with Gasteiger partial charge in [0.2, 0.25) is 0 Å². The number of hydrogen-bond acceptors (Lipinski definition) is 5. The normalized spacial score (nSPS) is 42.8. The van der Waals surface area contributed by atoms with Gasteiger partial charge in [0, 0.05) is 24.9 Å². The predicted octanol–water partition coefficient (Wildman–Crippen LogP) is 5.05. The van der Waals surface area contributed by atoms with Gasteiger partial charge in [-0.15, -0.1) is 0 Å². The van der Waals surface area contributed by atoms with Crippen LogP contribution in [-0.4, -0.2) is 32.1 Å². The van der Waals surface area contributed by atoms with Crippen LogP contribution in [0, 0.1) is 34.5 Å². The zero-order chi connectivity index (χ0) is 22.4. The van der Waals surface area contributed by atoms with Gasteiger partial charge >= 0.3 is 0 Å². The molecule has 4 fully saturated rings. The summed E-state index contributed by atoms with van der Waals surface area (Å²) >= 11 is 0. The SMILES string of the molecule is C[C@]12CC[C@H]3[C@@H](CC[C@@H]4CCCC(OCCN)(OCCN)[C@@]43C)[C@@H]1CC[C@@H]2c1ccoc1. The zero-order valence-corrected chi connectivity index (χ0v) is 20.2. The van der Waals surface area contributed by atoms with E-state index in [-0.39, 0.29) is 5.41 Å². The summed E-state index contributed by atoms with van der Waals surface area (Å²) in [5, 5.41) is 0. The minimum absolute atomic E-state index is 0.0353. The van der Waals surface area contributed by atoms with E-state index < -0.39 is 5.79 Å². The Kier molecular flexibility index (Phi) is 6.24. The molecule has 0 saturated heterocycles. The molecule has 1 heterocycles. The fourth-order valence-corrected chi connectivity index (χ4v) is 9.28. The molecule has 0 aromatic carbocycles. The molecule has 5 heteroatoms. The molecule has 0 radical (unpaired) electrons. The van der Waals surface area contributed by atoms with Gasteiger partial charge in [-0.1, -0.05) is 13.8 Å². The van der Waals surface area contributed by atoms with Crippen LogP contribution in [0.3, 0.4) is 0 Å². The summed E-state index contributed by atoms with van der Waals surface area (Å²) in [6.07, 6.45) is 15.2. The molecule has 0 spiro atoms. The molecular formula is C27H44N2O3. The lowest BCUT2D eigenvalue weighted by Gasteiger charge is -2.65. The molecule has 7 atom stereocenters. The summed E-state index contributed by atoms with van der Waals surface area (Å²) in [5.74, 6) is 2.96. The van der Waals surface area contributed by atoms with Crippen molar-refractivity contribution in [2.45, 2.75) is 83.3 Å². The lowest BCUT2D eigenvalue weighted by Crippen LogP contribution is -2.65. The van der Waals surface area contributed by atoms with Crippen molar-refractivity contribution in [2.75, 3.05) is 26.3 Å². The third-order valence-corrected chi connectivity index (χ3v) is 10.6. The standard InChI is InChI=1S/C27H44N2O3/c1-25-12-9-24-21(23(25)8-7-22(25)19-10-15-30-18-19)6-5-20-4-3-11-27(26(20,24)2,31-16-13-28)32-17-14-29/h10,15,18,20-24H,3-9,11-14,16-17,28-29H2,1-2H3/t20-,21-,22+,23-,24-,25+,26-/m0/s1. The molecule has 1 aromatic rings. The summed E-state index contributed by atoms with van der Waals surface area (Å²) in [6.45, 7) is 7.30. The van der Waals surface area contributed by atoms with E-state index in [1.807, 2.05) is 12.5 Å². The molecule has 1 aromatic heterocycles. The van der Waals surface area contributed by atoms with Gasteiger partial charge in [-0.05, 0) is 98.0 Å². The van der Waals surface area contributed by atoms with Gasteiger partial charge < -0.3 is 25.4 Å². The van der Waals surface area contributed by atoms with Gasteiger partial charge in [0.05, 0.1) is 25.7 Å². The van der Waals surface area contributed by atoms with E-state index in [1.165, 1.54) is 56.9 Å². The molecule has 5 rings (SSSR count). The van der Waals surface area contributed by atoms with Crippen LogP contribution < -0.4 is 11.5 Å². The second kappa shape index (κ2) is 8.72. The molecule has 4 aliphatic carbocycles. The molecule has 4 N–H and O–H groups in total. The highest BCUT2D eigenvalue weighted by molar-refractivity contribution is 5.22. The number of nitrogens with two attached hydrogens (primary N) is 2. The first-order chi connectivity index (χ1) is 15.5. The minimum atomic E-state index is -0.533. The van der Waals surface area contributed by atoms with Crippen molar-refractivity contribution in [3.63, 3.8) is 0 Å². The highest BCUT2D eigenvalue weighted by atomic mass is 16.7. The Morgan fingerprint density at radius 1 is 0.938 bits per heavy atom. The zero-order valence-electron chi connectivity index (χ0n) is 20.2. The van der Waals surface area contributed by atoms with Crippen molar-refractivity contribution in [3.05, 3.63) is 24.2 Å². The molecule has 32 heavy (non-hydrogen) atoms. The largest absolute Gasteiger partial charge is 0.472 e. The van der Waals surface area contributed by atoms with Gasteiger partial charge in [-0.3, -0.25) is 0 Å². The van der Waals surface area contributed by atoms with E-state index in [0.717, 1.165) is 18.3 Å². The summed E-state index contributed by atoms with van der Waals surface area (Å²) < 4.78 is 18.8. The monoisotopic (exact) mass is 444 g/mol. The fourth-order valence-electron chi connectivity index (χ4n) is 9.28. The third-order valence-electron chi connectivity index (χ3n) is 10.6. The average molecular weight is 445 g/mol. The third kappa shape index (κ3) is 3.25. The average Bonchev–Trinajstić information content (AvgIpc) is 3.44. The summed E-state index contributed by atoms with van der Waals surface area (Å²) in [4.78, 5) is 0. The Hall–Kier alpha value is -0.880. The maximum absolute atomic E-state index is 6.64.